The minimum atomic E-state index is -0.273. The minimum Gasteiger partial charge on any atom is -0.506 e. The van der Waals surface area contributed by atoms with Gasteiger partial charge >= 0.3 is 0 Å². The SMILES string of the molecule is O=Cc1ccc(O)c2c1CCC(C=O)N2. The Labute approximate surface area is 86.9 Å². The van der Waals surface area contributed by atoms with Crippen LogP contribution < -0.4 is 5.32 Å². The first-order valence-corrected chi connectivity index (χ1v) is 4.78. The van der Waals surface area contributed by atoms with Crippen LogP contribution in [-0.4, -0.2) is 23.7 Å². The number of rotatable bonds is 2. The Morgan fingerprint density at radius 3 is 2.87 bits per heavy atom. The van der Waals surface area contributed by atoms with E-state index in [1.54, 1.807) is 6.07 Å². The van der Waals surface area contributed by atoms with Crippen molar-refractivity contribution in [1.29, 1.82) is 0 Å². The maximum atomic E-state index is 10.8. The third kappa shape index (κ3) is 1.58. The summed E-state index contributed by atoms with van der Waals surface area (Å²) in [6, 6.07) is 2.78. The first kappa shape index (κ1) is 9.71. The highest BCUT2D eigenvalue weighted by Gasteiger charge is 2.21. The molecule has 78 valence electrons. The largest absolute Gasteiger partial charge is 0.506 e. The fourth-order valence-electron chi connectivity index (χ4n) is 1.85. The van der Waals surface area contributed by atoms with E-state index >= 15 is 0 Å². The van der Waals surface area contributed by atoms with Crippen molar-refractivity contribution in [3.8, 4) is 5.75 Å². The van der Waals surface area contributed by atoms with Crippen LogP contribution in [0.1, 0.15) is 22.3 Å². The highest BCUT2D eigenvalue weighted by atomic mass is 16.3. The summed E-state index contributed by atoms with van der Waals surface area (Å²) in [6.07, 6.45) is 2.87. The van der Waals surface area contributed by atoms with E-state index in [2.05, 4.69) is 5.32 Å². The van der Waals surface area contributed by atoms with Crippen molar-refractivity contribution in [3.63, 3.8) is 0 Å². The van der Waals surface area contributed by atoms with Crippen LogP contribution in [0.5, 0.6) is 5.75 Å². The van der Waals surface area contributed by atoms with E-state index in [-0.39, 0.29) is 11.8 Å². The summed E-state index contributed by atoms with van der Waals surface area (Å²) >= 11 is 0. The molecule has 0 aliphatic carbocycles. The Hall–Kier alpha value is -1.84. The predicted octanol–water partition coefficient (Wildman–Crippen LogP) is 1.13. The third-order valence-corrected chi connectivity index (χ3v) is 2.65. The van der Waals surface area contributed by atoms with Gasteiger partial charge in [-0.1, -0.05) is 0 Å². The molecule has 2 rings (SSSR count). The van der Waals surface area contributed by atoms with E-state index in [0.29, 0.717) is 24.1 Å². The van der Waals surface area contributed by atoms with Crippen LogP contribution in [0.15, 0.2) is 12.1 Å². The average Bonchev–Trinajstić information content (AvgIpc) is 2.29. The van der Waals surface area contributed by atoms with Crippen molar-refractivity contribution in [1.82, 2.24) is 0 Å². The van der Waals surface area contributed by atoms with Gasteiger partial charge in [0.05, 0.1) is 11.7 Å². The van der Waals surface area contributed by atoms with Gasteiger partial charge in [-0.2, -0.15) is 0 Å². The van der Waals surface area contributed by atoms with E-state index in [0.717, 1.165) is 18.1 Å². The van der Waals surface area contributed by atoms with Gasteiger partial charge in [0, 0.05) is 5.56 Å². The van der Waals surface area contributed by atoms with Crippen LogP contribution in [0, 0.1) is 0 Å². The van der Waals surface area contributed by atoms with Gasteiger partial charge in [-0.15, -0.1) is 0 Å². The lowest BCUT2D eigenvalue weighted by atomic mass is 9.94. The molecule has 0 aromatic heterocycles. The molecule has 15 heavy (non-hydrogen) atoms. The van der Waals surface area contributed by atoms with E-state index in [1.807, 2.05) is 0 Å². The zero-order valence-electron chi connectivity index (χ0n) is 8.06. The van der Waals surface area contributed by atoms with Crippen molar-refractivity contribution in [2.24, 2.45) is 0 Å². The number of carbonyl (C=O) groups is 2. The molecule has 1 aromatic rings. The molecule has 1 atom stereocenters. The Bertz CT molecular complexity index is 415. The van der Waals surface area contributed by atoms with Crippen LogP contribution >= 0.6 is 0 Å². The van der Waals surface area contributed by atoms with Gasteiger partial charge in [-0.25, -0.2) is 0 Å². The molecule has 0 saturated carbocycles. The number of anilines is 1. The van der Waals surface area contributed by atoms with Crippen molar-refractivity contribution in [2.45, 2.75) is 18.9 Å². The lowest BCUT2D eigenvalue weighted by Crippen LogP contribution is -2.27. The molecular weight excluding hydrogens is 194 g/mol. The number of carbonyl (C=O) groups excluding carboxylic acids is 2. The predicted molar refractivity (Wildman–Crippen MR) is 55.3 cm³/mol. The minimum absolute atomic E-state index is 0.0853. The van der Waals surface area contributed by atoms with Crippen molar-refractivity contribution >= 4 is 18.3 Å². The molecule has 1 unspecified atom stereocenters. The zero-order chi connectivity index (χ0) is 10.8. The molecular formula is C11H11NO3. The second-order valence-corrected chi connectivity index (χ2v) is 3.57. The van der Waals surface area contributed by atoms with E-state index in [9.17, 15) is 14.7 Å². The summed E-state index contributed by atoms with van der Waals surface area (Å²) in [6.45, 7) is 0. The van der Waals surface area contributed by atoms with Crippen molar-refractivity contribution in [2.75, 3.05) is 5.32 Å². The van der Waals surface area contributed by atoms with Gasteiger partial charge in [-0.05, 0) is 30.5 Å². The summed E-state index contributed by atoms with van der Waals surface area (Å²) < 4.78 is 0. The molecule has 1 aliphatic heterocycles. The van der Waals surface area contributed by atoms with E-state index < -0.39 is 0 Å². The number of nitrogens with one attached hydrogen (secondary N) is 1. The van der Waals surface area contributed by atoms with Crippen LogP contribution in [0.3, 0.4) is 0 Å². The van der Waals surface area contributed by atoms with Gasteiger partial charge in [0.25, 0.3) is 0 Å². The summed E-state index contributed by atoms with van der Waals surface area (Å²) in [5.41, 5.74) is 1.88. The van der Waals surface area contributed by atoms with E-state index in [1.165, 1.54) is 6.07 Å². The quantitative estimate of drug-likeness (QED) is 0.561. The molecule has 0 saturated heterocycles. The number of benzene rings is 1. The van der Waals surface area contributed by atoms with Crippen LogP contribution in [-0.2, 0) is 11.2 Å². The zero-order valence-corrected chi connectivity index (χ0v) is 8.06. The van der Waals surface area contributed by atoms with Gasteiger partial charge in [0.15, 0.2) is 0 Å². The normalized spacial score (nSPS) is 18.8. The molecule has 4 nitrogen and oxygen atoms in total. The first-order valence-electron chi connectivity index (χ1n) is 4.78. The van der Waals surface area contributed by atoms with Gasteiger partial charge in [-0.3, -0.25) is 4.79 Å². The van der Waals surface area contributed by atoms with Crippen LogP contribution in [0.4, 0.5) is 5.69 Å². The smallest absolute Gasteiger partial charge is 0.150 e. The number of hydrogen-bond acceptors (Lipinski definition) is 4. The molecule has 2 N–H and O–H groups in total. The first-order chi connectivity index (χ1) is 7.26. The molecule has 0 fully saturated rings. The standard InChI is InChI=1S/C11H11NO3/c13-5-7-1-4-10(15)11-9(7)3-2-8(6-14)12-11/h1,4-6,8,12,15H,2-3H2. The van der Waals surface area contributed by atoms with Crippen molar-refractivity contribution in [3.05, 3.63) is 23.3 Å². The van der Waals surface area contributed by atoms with Crippen LogP contribution in [0.2, 0.25) is 0 Å². The Balaban J connectivity index is 2.49. The molecule has 4 heteroatoms. The molecule has 0 bridgehead atoms. The highest BCUT2D eigenvalue weighted by molar-refractivity contribution is 5.84. The maximum Gasteiger partial charge on any atom is 0.150 e. The number of fused-ring (bicyclic) bond motifs is 1. The van der Waals surface area contributed by atoms with Gasteiger partial charge in [0.1, 0.15) is 18.3 Å². The highest BCUT2D eigenvalue weighted by Crippen LogP contribution is 2.34. The molecule has 1 aliphatic rings. The average molecular weight is 205 g/mol. The lowest BCUT2D eigenvalue weighted by Gasteiger charge is -2.24. The van der Waals surface area contributed by atoms with Crippen LogP contribution in [0.25, 0.3) is 0 Å². The molecule has 1 aromatic carbocycles. The number of phenolic OH excluding ortho intramolecular Hbond substituents is 1. The molecule has 1 heterocycles. The Kier molecular flexibility index (Phi) is 2.41. The summed E-state index contributed by atoms with van der Waals surface area (Å²) in [5, 5.41) is 12.5. The monoisotopic (exact) mass is 205 g/mol. The van der Waals surface area contributed by atoms with E-state index in [4.69, 9.17) is 0 Å². The lowest BCUT2D eigenvalue weighted by molar-refractivity contribution is -0.108. The summed E-state index contributed by atoms with van der Waals surface area (Å²) in [4.78, 5) is 21.4. The summed E-state index contributed by atoms with van der Waals surface area (Å²) in [7, 11) is 0. The number of phenols is 1. The molecule has 0 radical (unpaired) electrons. The fraction of sp³-hybridized carbons (Fsp3) is 0.273. The second-order valence-electron chi connectivity index (χ2n) is 3.57. The van der Waals surface area contributed by atoms with Gasteiger partial charge < -0.3 is 15.2 Å². The molecule has 0 spiro atoms. The van der Waals surface area contributed by atoms with Crippen molar-refractivity contribution < 1.29 is 14.7 Å². The Morgan fingerprint density at radius 1 is 1.40 bits per heavy atom. The Morgan fingerprint density at radius 2 is 2.20 bits per heavy atom. The number of hydrogen-bond donors (Lipinski definition) is 2. The molecule has 0 amide bonds. The maximum absolute atomic E-state index is 10.8. The number of aromatic hydroxyl groups is 1. The topological polar surface area (TPSA) is 66.4 Å². The van der Waals surface area contributed by atoms with Gasteiger partial charge in [0.2, 0.25) is 0 Å². The second kappa shape index (κ2) is 3.73. The third-order valence-electron chi connectivity index (χ3n) is 2.65. The fourth-order valence-corrected chi connectivity index (χ4v) is 1.85. The summed E-state index contributed by atoms with van der Waals surface area (Å²) in [5.74, 6) is 0.0853. The number of aldehydes is 2.